The molecule has 0 radical (unpaired) electrons. The van der Waals surface area contributed by atoms with Crippen LogP contribution >= 0.6 is 11.3 Å². The number of rotatable bonds is 4. The van der Waals surface area contributed by atoms with E-state index in [-0.39, 0.29) is 0 Å². The molecule has 3 heterocycles. The molecule has 52 heavy (non-hydrogen) atoms. The molecule has 0 aliphatic carbocycles. The van der Waals surface area contributed by atoms with Gasteiger partial charge in [-0.2, -0.15) is 0 Å². The van der Waals surface area contributed by atoms with Gasteiger partial charge in [0.15, 0.2) is 17.5 Å². The first-order chi connectivity index (χ1) is 25.7. The predicted molar refractivity (Wildman–Crippen MR) is 217 cm³/mol. The van der Waals surface area contributed by atoms with Crippen LogP contribution in [0.3, 0.4) is 0 Å². The van der Waals surface area contributed by atoms with Gasteiger partial charge >= 0.3 is 0 Å². The third-order valence-corrected chi connectivity index (χ3v) is 11.3. The summed E-state index contributed by atoms with van der Waals surface area (Å²) in [5, 5.41) is 9.44. The van der Waals surface area contributed by atoms with Crippen molar-refractivity contribution >= 4 is 75.0 Å². The van der Waals surface area contributed by atoms with Crippen molar-refractivity contribution in [1.29, 1.82) is 0 Å². The zero-order valence-corrected chi connectivity index (χ0v) is 28.6. The van der Waals surface area contributed by atoms with Crippen molar-refractivity contribution in [3.05, 3.63) is 164 Å². The van der Waals surface area contributed by atoms with Crippen LogP contribution in [0.25, 0.3) is 109 Å². The summed E-state index contributed by atoms with van der Waals surface area (Å²) in [6.45, 7) is 0. The number of para-hydroxylation sites is 1. The van der Waals surface area contributed by atoms with E-state index < -0.39 is 0 Å². The summed E-state index contributed by atoms with van der Waals surface area (Å²) in [4.78, 5) is 15.2. The Morgan fingerprint density at radius 1 is 0.385 bits per heavy atom. The third-order valence-electron chi connectivity index (χ3n) is 10.1. The summed E-state index contributed by atoms with van der Waals surface area (Å²) in [7, 11) is 0. The topological polar surface area (TPSA) is 51.8 Å². The van der Waals surface area contributed by atoms with Crippen molar-refractivity contribution in [3.63, 3.8) is 0 Å². The molecule has 4 nitrogen and oxygen atoms in total. The van der Waals surface area contributed by atoms with Crippen LogP contribution in [-0.4, -0.2) is 15.0 Å². The summed E-state index contributed by atoms with van der Waals surface area (Å²) in [5.74, 6) is 1.97. The first-order valence-corrected chi connectivity index (χ1v) is 18.2. The van der Waals surface area contributed by atoms with Crippen LogP contribution in [0.1, 0.15) is 0 Å². The van der Waals surface area contributed by atoms with Crippen molar-refractivity contribution in [3.8, 4) is 45.3 Å². The van der Waals surface area contributed by atoms with Gasteiger partial charge < -0.3 is 4.42 Å². The first-order valence-electron chi connectivity index (χ1n) is 17.3. The Hall–Kier alpha value is -6.69. The minimum absolute atomic E-state index is 0.655. The second-order valence-electron chi connectivity index (χ2n) is 13.2. The summed E-state index contributed by atoms with van der Waals surface area (Å²) in [6, 6.07) is 57.4. The maximum Gasteiger partial charge on any atom is 0.164 e. The van der Waals surface area contributed by atoms with Crippen LogP contribution < -0.4 is 0 Å². The number of furan rings is 1. The molecule has 0 saturated carbocycles. The van der Waals surface area contributed by atoms with E-state index in [4.69, 9.17) is 19.4 Å². The van der Waals surface area contributed by atoms with Gasteiger partial charge in [0.25, 0.3) is 0 Å². The molecule has 0 unspecified atom stereocenters. The van der Waals surface area contributed by atoms with Gasteiger partial charge in [0.05, 0.1) is 0 Å². The minimum atomic E-state index is 0.655. The monoisotopic (exact) mass is 681 g/mol. The van der Waals surface area contributed by atoms with Gasteiger partial charge in [-0.3, -0.25) is 0 Å². The highest BCUT2D eigenvalue weighted by Crippen LogP contribution is 2.45. The molecule has 0 amide bonds. The van der Waals surface area contributed by atoms with E-state index in [0.29, 0.717) is 17.5 Å². The lowest BCUT2D eigenvalue weighted by atomic mass is 9.94. The second kappa shape index (κ2) is 11.4. The zero-order valence-electron chi connectivity index (χ0n) is 27.7. The number of aromatic nitrogens is 3. The van der Waals surface area contributed by atoms with Crippen LogP contribution in [0.2, 0.25) is 0 Å². The van der Waals surface area contributed by atoms with Crippen molar-refractivity contribution in [1.82, 2.24) is 15.0 Å². The highest BCUT2D eigenvalue weighted by Gasteiger charge is 2.20. The van der Waals surface area contributed by atoms with Gasteiger partial charge in [0, 0.05) is 47.6 Å². The van der Waals surface area contributed by atoms with E-state index in [1.807, 2.05) is 59.9 Å². The van der Waals surface area contributed by atoms with Crippen molar-refractivity contribution in [2.75, 3.05) is 0 Å². The molecule has 3 aromatic heterocycles. The molecule has 0 spiro atoms. The number of thiophene rings is 1. The van der Waals surface area contributed by atoms with E-state index in [1.165, 1.54) is 42.1 Å². The molecular weight excluding hydrogens is 655 g/mol. The van der Waals surface area contributed by atoms with Gasteiger partial charge in [-0.1, -0.05) is 127 Å². The minimum Gasteiger partial charge on any atom is -0.456 e. The Morgan fingerprint density at radius 3 is 1.79 bits per heavy atom. The van der Waals surface area contributed by atoms with Crippen LogP contribution in [0.5, 0.6) is 0 Å². The molecule has 11 rings (SSSR count). The Balaban J connectivity index is 1.15. The van der Waals surface area contributed by atoms with Gasteiger partial charge in [0.1, 0.15) is 11.2 Å². The van der Waals surface area contributed by atoms with Crippen molar-refractivity contribution < 1.29 is 4.42 Å². The molecule has 0 atom stereocenters. The van der Waals surface area contributed by atoms with E-state index in [0.717, 1.165) is 49.4 Å². The molecule has 0 aliphatic heterocycles. The quantitative estimate of drug-likeness (QED) is 0.174. The molecule has 5 heteroatoms. The van der Waals surface area contributed by atoms with Crippen LogP contribution in [0.15, 0.2) is 168 Å². The SMILES string of the molecule is c1ccc(-c2nc(-c3ccccc3)nc(-c3ccc(-c4ccc5ccc6cc7oc8ccccc8c7cc6c5c4)c4sc5ccccc5c34)n2)cc1. The Labute approximate surface area is 302 Å². The fourth-order valence-corrected chi connectivity index (χ4v) is 8.88. The molecule has 242 valence electrons. The number of nitrogens with zero attached hydrogens (tertiary/aromatic N) is 3. The van der Waals surface area contributed by atoms with Gasteiger partial charge in [0.2, 0.25) is 0 Å². The number of fused-ring (bicyclic) bond motifs is 9. The molecule has 0 bridgehead atoms. The van der Waals surface area contributed by atoms with E-state index >= 15 is 0 Å². The average Bonchev–Trinajstić information content (AvgIpc) is 3.78. The molecule has 0 fully saturated rings. The smallest absolute Gasteiger partial charge is 0.164 e. The maximum absolute atomic E-state index is 6.24. The van der Waals surface area contributed by atoms with Crippen LogP contribution in [0, 0.1) is 0 Å². The van der Waals surface area contributed by atoms with Crippen molar-refractivity contribution in [2.45, 2.75) is 0 Å². The molecular formula is C47H27N3OS. The third kappa shape index (κ3) is 4.57. The normalized spacial score (nSPS) is 11.8. The second-order valence-corrected chi connectivity index (χ2v) is 14.2. The fourth-order valence-electron chi connectivity index (χ4n) is 7.61. The van der Waals surface area contributed by atoms with Crippen molar-refractivity contribution in [2.24, 2.45) is 0 Å². The molecule has 0 N–H and O–H groups in total. The summed E-state index contributed by atoms with van der Waals surface area (Å²) < 4.78 is 8.68. The number of benzene rings is 8. The lowest BCUT2D eigenvalue weighted by Gasteiger charge is -2.12. The molecule has 11 aromatic rings. The van der Waals surface area contributed by atoms with E-state index in [9.17, 15) is 0 Å². The van der Waals surface area contributed by atoms with Gasteiger partial charge in [-0.25, -0.2) is 15.0 Å². The van der Waals surface area contributed by atoms with E-state index in [1.54, 1.807) is 0 Å². The van der Waals surface area contributed by atoms with Gasteiger partial charge in [-0.05, 0) is 69.1 Å². The zero-order chi connectivity index (χ0) is 34.2. The van der Waals surface area contributed by atoms with Gasteiger partial charge in [-0.15, -0.1) is 11.3 Å². The molecule has 0 saturated heterocycles. The average molecular weight is 682 g/mol. The Bertz CT molecular complexity index is 3120. The Morgan fingerprint density at radius 2 is 1.00 bits per heavy atom. The molecule has 0 aliphatic rings. The lowest BCUT2D eigenvalue weighted by molar-refractivity contribution is 0.669. The van der Waals surface area contributed by atoms with E-state index in [2.05, 4.69) is 115 Å². The predicted octanol–water partition coefficient (Wildman–Crippen LogP) is 13.1. The standard InChI is InChI=1S/C47H27N3OS/c1-3-11-29(12-4-1)45-48-46(30-13-5-2-6-14-30)50-47(49-45)36-24-23-33(44-43(36)35-16-8-10-18-42(35)52-44)31-21-19-28-20-22-32-26-41-39(27-38(32)37(28)25-31)34-15-7-9-17-40(34)51-41/h1-27H. The summed E-state index contributed by atoms with van der Waals surface area (Å²) in [5.41, 5.74) is 7.09. The number of hydrogen-bond donors (Lipinski definition) is 0. The Kier molecular flexibility index (Phi) is 6.39. The summed E-state index contributed by atoms with van der Waals surface area (Å²) >= 11 is 1.82. The largest absolute Gasteiger partial charge is 0.456 e. The number of hydrogen-bond acceptors (Lipinski definition) is 5. The highest BCUT2D eigenvalue weighted by molar-refractivity contribution is 7.26. The maximum atomic E-state index is 6.24. The lowest BCUT2D eigenvalue weighted by Crippen LogP contribution is -2.00. The van der Waals surface area contributed by atoms with Crippen LogP contribution in [0.4, 0.5) is 0 Å². The summed E-state index contributed by atoms with van der Waals surface area (Å²) in [6.07, 6.45) is 0. The highest BCUT2D eigenvalue weighted by atomic mass is 32.1. The molecule has 8 aromatic carbocycles. The fraction of sp³-hybridized carbons (Fsp3) is 0. The van der Waals surface area contributed by atoms with Crippen LogP contribution in [-0.2, 0) is 0 Å². The first kappa shape index (κ1) is 29.1.